The Bertz CT molecular complexity index is 445. The van der Waals surface area contributed by atoms with Crippen molar-refractivity contribution < 1.29 is 0 Å². The summed E-state index contributed by atoms with van der Waals surface area (Å²) in [6.07, 6.45) is 0. The molecule has 2 aromatic rings. The van der Waals surface area contributed by atoms with Gasteiger partial charge in [0.1, 0.15) is 0 Å². The Morgan fingerprint density at radius 3 is 2.94 bits per heavy atom. The largest absolute Gasteiger partial charge is 0.305 e. The summed E-state index contributed by atoms with van der Waals surface area (Å²) < 4.78 is 1.93. The molecular weight excluding hydrogens is 218 g/mol. The molecule has 0 aliphatic carbocycles. The normalized spacial score (nSPS) is 12.9. The van der Waals surface area contributed by atoms with Crippen molar-refractivity contribution in [2.24, 2.45) is 7.05 Å². The van der Waals surface area contributed by atoms with Crippen molar-refractivity contribution in [2.75, 3.05) is 0 Å². The third-order valence-corrected chi connectivity index (χ3v) is 3.43. The molecule has 0 radical (unpaired) electrons. The first-order chi connectivity index (χ1) is 7.66. The van der Waals surface area contributed by atoms with Gasteiger partial charge in [-0.25, -0.2) is 0 Å². The van der Waals surface area contributed by atoms with Gasteiger partial charge in [-0.1, -0.05) is 0 Å². The zero-order valence-corrected chi connectivity index (χ0v) is 10.7. The topological polar surface area (TPSA) is 29.9 Å². The summed E-state index contributed by atoms with van der Waals surface area (Å²) in [5.74, 6) is 0. The van der Waals surface area contributed by atoms with Gasteiger partial charge in [0.2, 0.25) is 0 Å². The van der Waals surface area contributed by atoms with Crippen LogP contribution in [0.25, 0.3) is 0 Å². The van der Waals surface area contributed by atoms with E-state index in [0.29, 0.717) is 6.04 Å². The van der Waals surface area contributed by atoms with Crippen molar-refractivity contribution >= 4 is 11.3 Å². The maximum atomic E-state index is 4.33. The molecule has 0 amide bonds. The fraction of sp³-hybridized carbons (Fsp3) is 0.417. The van der Waals surface area contributed by atoms with E-state index in [9.17, 15) is 0 Å². The molecule has 3 nitrogen and oxygen atoms in total. The lowest BCUT2D eigenvalue weighted by atomic mass is 10.2. The van der Waals surface area contributed by atoms with Crippen molar-refractivity contribution in [3.8, 4) is 0 Å². The minimum atomic E-state index is 0.390. The van der Waals surface area contributed by atoms with Gasteiger partial charge in [-0.2, -0.15) is 16.4 Å². The number of rotatable bonds is 4. The summed E-state index contributed by atoms with van der Waals surface area (Å²) in [6.45, 7) is 5.06. The van der Waals surface area contributed by atoms with E-state index < -0.39 is 0 Å². The second-order valence-electron chi connectivity index (χ2n) is 4.06. The number of hydrogen-bond donors (Lipinski definition) is 1. The molecule has 1 unspecified atom stereocenters. The second kappa shape index (κ2) is 4.80. The lowest BCUT2D eigenvalue weighted by Crippen LogP contribution is -2.19. The summed E-state index contributed by atoms with van der Waals surface area (Å²) >= 11 is 1.74. The molecule has 2 heterocycles. The van der Waals surface area contributed by atoms with Crippen LogP contribution in [0.1, 0.15) is 29.9 Å². The van der Waals surface area contributed by atoms with Crippen LogP contribution in [0.3, 0.4) is 0 Å². The predicted octanol–water partition coefficient (Wildman–Crippen LogP) is 2.64. The van der Waals surface area contributed by atoms with Gasteiger partial charge in [-0.05, 0) is 42.3 Å². The van der Waals surface area contributed by atoms with Crippen LogP contribution < -0.4 is 5.32 Å². The fourth-order valence-corrected chi connectivity index (χ4v) is 2.48. The summed E-state index contributed by atoms with van der Waals surface area (Å²) in [5, 5.41) is 12.1. The lowest BCUT2D eigenvalue weighted by Gasteiger charge is -2.12. The third kappa shape index (κ3) is 2.51. The highest BCUT2D eigenvalue weighted by molar-refractivity contribution is 7.07. The molecule has 0 bridgehead atoms. The summed E-state index contributed by atoms with van der Waals surface area (Å²) in [6, 6.07) is 4.67. The highest BCUT2D eigenvalue weighted by atomic mass is 32.1. The van der Waals surface area contributed by atoms with Crippen LogP contribution >= 0.6 is 11.3 Å². The molecule has 4 heteroatoms. The second-order valence-corrected chi connectivity index (χ2v) is 4.84. The minimum Gasteiger partial charge on any atom is -0.305 e. The fourth-order valence-electron chi connectivity index (χ4n) is 1.73. The van der Waals surface area contributed by atoms with Crippen LogP contribution in [0, 0.1) is 6.92 Å². The summed E-state index contributed by atoms with van der Waals surface area (Å²) in [7, 11) is 1.99. The lowest BCUT2D eigenvalue weighted by molar-refractivity contribution is 0.549. The minimum absolute atomic E-state index is 0.390. The molecule has 0 fully saturated rings. The number of nitrogens with one attached hydrogen (secondary N) is 1. The molecule has 86 valence electrons. The molecule has 0 aliphatic heterocycles. The average molecular weight is 235 g/mol. The monoisotopic (exact) mass is 235 g/mol. The SMILES string of the molecule is Cc1cc(CNC(C)c2ccsc2)n(C)n1. The number of nitrogens with zero attached hydrogens (tertiary/aromatic N) is 2. The number of aromatic nitrogens is 2. The van der Waals surface area contributed by atoms with Crippen molar-refractivity contribution in [3.05, 3.63) is 39.8 Å². The molecular formula is C12H17N3S. The van der Waals surface area contributed by atoms with E-state index in [1.807, 2.05) is 18.7 Å². The van der Waals surface area contributed by atoms with E-state index in [0.717, 1.165) is 12.2 Å². The molecule has 0 spiro atoms. The van der Waals surface area contributed by atoms with Crippen LogP contribution in [-0.4, -0.2) is 9.78 Å². The van der Waals surface area contributed by atoms with Crippen LogP contribution in [-0.2, 0) is 13.6 Å². The zero-order valence-electron chi connectivity index (χ0n) is 9.90. The van der Waals surface area contributed by atoms with Gasteiger partial charge in [0.15, 0.2) is 0 Å². The van der Waals surface area contributed by atoms with E-state index in [4.69, 9.17) is 0 Å². The Hall–Kier alpha value is -1.13. The van der Waals surface area contributed by atoms with Gasteiger partial charge in [-0.15, -0.1) is 0 Å². The summed E-state index contributed by atoms with van der Waals surface area (Å²) in [4.78, 5) is 0. The molecule has 1 N–H and O–H groups in total. The van der Waals surface area contributed by atoms with E-state index in [1.54, 1.807) is 11.3 Å². The van der Waals surface area contributed by atoms with E-state index in [-0.39, 0.29) is 0 Å². The number of aryl methyl sites for hydroxylation is 2. The molecule has 0 saturated heterocycles. The molecule has 2 aromatic heterocycles. The van der Waals surface area contributed by atoms with Gasteiger partial charge in [0.05, 0.1) is 11.4 Å². The van der Waals surface area contributed by atoms with Crippen LogP contribution in [0.4, 0.5) is 0 Å². The van der Waals surface area contributed by atoms with E-state index in [1.165, 1.54) is 11.3 Å². The molecule has 2 rings (SSSR count). The maximum Gasteiger partial charge on any atom is 0.0597 e. The van der Waals surface area contributed by atoms with Crippen molar-refractivity contribution in [1.29, 1.82) is 0 Å². The standard InChI is InChI=1S/C12H17N3S/c1-9-6-12(15(3)14-9)7-13-10(2)11-4-5-16-8-11/h4-6,8,10,13H,7H2,1-3H3. The Morgan fingerprint density at radius 1 is 1.56 bits per heavy atom. The quantitative estimate of drug-likeness (QED) is 0.883. The van der Waals surface area contributed by atoms with Crippen LogP contribution in [0.2, 0.25) is 0 Å². The van der Waals surface area contributed by atoms with Gasteiger partial charge in [0.25, 0.3) is 0 Å². The first kappa shape index (κ1) is 11.4. The van der Waals surface area contributed by atoms with E-state index >= 15 is 0 Å². The first-order valence-corrected chi connectivity index (χ1v) is 6.36. The Balaban J connectivity index is 1.95. The molecule has 0 saturated carbocycles. The van der Waals surface area contributed by atoms with Gasteiger partial charge in [-0.3, -0.25) is 4.68 Å². The van der Waals surface area contributed by atoms with Crippen LogP contribution in [0.5, 0.6) is 0 Å². The highest BCUT2D eigenvalue weighted by Gasteiger charge is 2.07. The molecule has 1 atom stereocenters. The highest BCUT2D eigenvalue weighted by Crippen LogP contribution is 2.16. The molecule has 16 heavy (non-hydrogen) atoms. The van der Waals surface area contributed by atoms with Gasteiger partial charge >= 0.3 is 0 Å². The first-order valence-electron chi connectivity index (χ1n) is 5.42. The average Bonchev–Trinajstić information content (AvgIpc) is 2.84. The zero-order chi connectivity index (χ0) is 11.5. The predicted molar refractivity (Wildman–Crippen MR) is 67.5 cm³/mol. The Morgan fingerprint density at radius 2 is 2.38 bits per heavy atom. The van der Waals surface area contributed by atoms with Crippen molar-refractivity contribution in [2.45, 2.75) is 26.4 Å². The summed E-state index contributed by atoms with van der Waals surface area (Å²) in [5.41, 5.74) is 3.64. The van der Waals surface area contributed by atoms with Crippen molar-refractivity contribution in [3.63, 3.8) is 0 Å². The third-order valence-electron chi connectivity index (χ3n) is 2.73. The maximum absolute atomic E-state index is 4.33. The Kier molecular flexibility index (Phi) is 3.41. The van der Waals surface area contributed by atoms with Gasteiger partial charge in [0, 0.05) is 19.6 Å². The molecule has 0 aromatic carbocycles. The van der Waals surface area contributed by atoms with Gasteiger partial charge < -0.3 is 5.32 Å². The number of hydrogen-bond acceptors (Lipinski definition) is 3. The molecule has 0 aliphatic rings. The number of thiophene rings is 1. The van der Waals surface area contributed by atoms with Crippen LogP contribution in [0.15, 0.2) is 22.9 Å². The van der Waals surface area contributed by atoms with Crippen molar-refractivity contribution in [1.82, 2.24) is 15.1 Å². The Labute approximate surface area is 100 Å². The smallest absolute Gasteiger partial charge is 0.0597 e. The van der Waals surface area contributed by atoms with E-state index in [2.05, 4.69) is 40.2 Å².